The first-order chi connectivity index (χ1) is 7.24. The molecule has 3 nitrogen and oxygen atoms in total. The van der Waals surface area contributed by atoms with Crippen LogP contribution in [0.15, 0.2) is 18.3 Å². The molecule has 0 amide bonds. The highest BCUT2D eigenvalue weighted by Crippen LogP contribution is 2.33. The van der Waals surface area contributed by atoms with Gasteiger partial charge in [0, 0.05) is 23.6 Å². The van der Waals surface area contributed by atoms with Gasteiger partial charge in [0.2, 0.25) is 0 Å². The number of phenolic OH excluding ortho intramolecular Hbond substituents is 1. The lowest BCUT2D eigenvalue weighted by atomic mass is 10.2. The van der Waals surface area contributed by atoms with Gasteiger partial charge in [-0.25, -0.2) is 0 Å². The summed E-state index contributed by atoms with van der Waals surface area (Å²) in [5.74, 6) is 0.335. The van der Waals surface area contributed by atoms with Gasteiger partial charge in [-0.3, -0.25) is 0 Å². The largest absolute Gasteiger partial charge is 0.507 e. The number of H-pyrrole nitrogens is 1. The van der Waals surface area contributed by atoms with E-state index in [-0.39, 0.29) is 0 Å². The number of rotatable bonds is 3. The highest BCUT2D eigenvalue weighted by atomic mass is 127. The van der Waals surface area contributed by atoms with E-state index >= 15 is 0 Å². The molecule has 4 heteroatoms. The number of fused-ring (bicyclic) bond motifs is 1. The molecule has 1 heterocycles. The van der Waals surface area contributed by atoms with E-state index in [1.54, 1.807) is 6.07 Å². The zero-order valence-corrected chi connectivity index (χ0v) is 10.6. The van der Waals surface area contributed by atoms with Crippen molar-refractivity contribution < 1.29 is 5.11 Å². The lowest BCUT2D eigenvalue weighted by Gasteiger charge is -2.04. The number of benzene rings is 1. The summed E-state index contributed by atoms with van der Waals surface area (Å²) in [5.41, 5.74) is 2.11. The minimum atomic E-state index is 0.335. The summed E-state index contributed by atoms with van der Waals surface area (Å²) in [5, 5.41) is 14.0. The van der Waals surface area contributed by atoms with Crippen molar-refractivity contribution in [2.75, 3.05) is 11.9 Å². The first kappa shape index (κ1) is 10.6. The first-order valence-corrected chi connectivity index (χ1v) is 6.04. The fourth-order valence-electron chi connectivity index (χ4n) is 1.57. The van der Waals surface area contributed by atoms with Crippen LogP contribution < -0.4 is 5.32 Å². The van der Waals surface area contributed by atoms with Gasteiger partial charge in [0.25, 0.3) is 0 Å². The van der Waals surface area contributed by atoms with Crippen LogP contribution in [0.1, 0.15) is 13.3 Å². The summed E-state index contributed by atoms with van der Waals surface area (Å²) < 4.78 is 0.893. The maximum Gasteiger partial charge on any atom is 0.129 e. The SMILES string of the molecule is CCCNc1c[nH]c2ccc(O)c(I)c12. The van der Waals surface area contributed by atoms with Gasteiger partial charge in [-0.2, -0.15) is 0 Å². The molecule has 0 bridgehead atoms. The number of hydrogen-bond donors (Lipinski definition) is 3. The average Bonchev–Trinajstić information content (AvgIpc) is 2.64. The van der Waals surface area contributed by atoms with Crippen molar-refractivity contribution in [1.82, 2.24) is 4.98 Å². The number of aromatic amines is 1. The van der Waals surface area contributed by atoms with Gasteiger partial charge in [0.1, 0.15) is 5.75 Å². The second kappa shape index (κ2) is 4.30. The van der Waals surface area contributed by atoms with Gasteiger partial charge in [-0.1, -0.05) is 6.92 Å². The van der Waals surface area contributed by atoms with Crippen LogP contribution >= 0.6 is 22.6 Å². The summed E-state index contributed by atoms with van der Waals surface area (Å²) in [6, 6.07) is 3.61. The number of phenols is 1. The number of aromatic hydroxyl groups is 1. The van der Waals surface area contributed by atoms with Gasteiger partial charge in [0.05, 0.1) is 9.26 Å². The molecule has 0 atom stereocenters. The fraction of sp³-hybridized carbons (Fsp3) is 0.273. The Morgan fingerprint density at radius 1 is 1.47 bits per heavy atom. The molecule has 80 valence electrons. The Morgan fingerprint density at radius 3 is 3.00 bits per heavy atom. The zero-order chi connectivity index (χ0) is 10.8. The Balaban J connectivity index is 2.51. The predicted molar refractivity (Wildman–Crippen MR) is 71.5 cm³/mol. The number of nitrogens with one attached hydrogen (secondary N) is 2. The van der Waals surface area contributed by atoms with Crippen LogP contribution in [0.3, 0.4) is 0 Å². The standard InChI is InChI=1S/C11H13IN2O/c1-2-5-13-8-6-14-7-3-4-9(15)11(12)10(7)8/h3-4,6,13-15H,2,5H2,1H3. The van der Waals surface area contributed by atoms with Crippen molar-refractivity contribution in [1.29, 1.82) is 0 Å². The maximum absolute atomic E-state index is 9.64. The van der Waals surface area contributed by atoms with E-state index < -0.39 is 0 Å². The summed E-state index contributed by atoms with van der Waals surface area (Å²) in [7, 11) is 0. The molecule has 0 radical (unpaired) electrons. The molecule has 0 aliphatic carbocycles. The van der Waals surface area contributed by atoms with E-state index in [4.69, 9.17) is 0 Å². The van der Waals surface area contributed by atoms with Gasteiger partial charge in [0.15, 0.2) is 0 Å². The highest BCUT2D eigenvalue weighted by Gasteiger charge is 2.09. The van der Waals surface area contributed by atoms with E-state index in [1.807, 2.05) is 12.3 Å². The lowest BCUT2D eigenvalue weighted by Crippen LogP contribution is -1.98. The Labute approximate surface area is 102 Å². The summed E-state index contributed by atoms with van der Waals surface area (Å²) in [6.45, 7) is 3.07. The molecule has 0 unspecified atom stereocenters. The number of aromatic nitrogens is 1. The first-order valence-electron chi connectivity index (χ1n) is 4.96. The summed E-state index contributed by atoms with van der Waals surface area (Å²) in [4.78, 5) is 3.19. The van der Waals surface area contributed by atoms with Gasteiger partial charge in [-0.05, 0) is 41.1 Å². The van der Waals surface area contributed by atoms with Crippen molar-refractivity contribution >= 4 is 39.2 Å². The Morgan fingerprint density at radius 2 is 2.27 bits per heavy atom. The van der Waals surface area contributed by atoms with Gasteiger partial charge >= 0.3 is 0 Å². The number of anilines is 1. The Hall–Kier alpha value is -0.910. The third-order valence-corrected chi connectivity index (χ3v) is 3.42. The van der Waals surface area contributed by atoms with E-state index in [0.29, 0.717) is 5.75 Å². The minimum Gasteiger partial charge on any atom is -0.507 e. The quantitative estimate of drug-likeness (QED) is 0.761. The maximum atomic E-state index is 9.64. The Bertz CT molecular complexity index is 479. The van der Waals surface area contributed by atoms with Crippen LogP contribution in [0.4, 0.5) is 5.69 Å². The van der Waals surface area contributed by atoms with Crippen molar-refractivity contribution in [2.45, 2.75) is 13.3 Å². The summed E-state index contributed by atoms with van der Waals surface area (Å²) >= 11 is 2.17. The number of hydrogen-bond acceptors (Lipinski definition) is 2. The molecule has 0 aliphatic heterocycles. The molecule has 0 aliphatic rings. The summed E-state index contributed by atoms with van der Waals surface area (Å²) in [6.07, 6.45) is 3.03. The van der Waals surface area contributed by atoms with Gasteiger partial charge in [-0.15, -0.1) is 0 Å². The van der Waals surface area contributed by atoms with E-state index in [0.717, 1.165) is 33.1 Å². The van der Waals surface area contributed by atoms with Gasteiger partial charge < -0.3 is 15.4 Å². The Kier molecular flexibility index (Phi) is 3.04. The molecule has 1 aromatic heterocycles. The lowest BCUT2D eigenvalue weighted by molar-refractivity contribution is 0.472. The molecule has 15 heavy (non-hydrogen) atoms. The second-order valence-electron chi connectivity index (χ2n) is 3.45. The van der Waals surface area contributed by atoms with E-state index in [1.165, 1.54) is 0 Å². The second-order valence-corrected chi connectivity index (χ2v) is 4.53. The molecule has 3 N–H and O–H groups in total. The van der Waals surface area contributed by atoms with Crippen molar-refractivity contribution in [2.24, 2.45) is 0 Å². The highest BCUT2D eigenvalue weighted by molar-refractivity contribution is 14.1. The van der Waals surface area contributed by atoms with Crippen LogP contribution in [0.2, 0.25) is 0 Å². The normalized spacial score (nSPS) is 10.8. The molecular weight excluding hydrogens is 303 g/mol. The minimum absolute atomic E-state index is 0.335. The van der Waals surface area contributed by atoms with E-state index in [2.05, 4.69) is 39.8 Å². The molecule has 2 aromatic rings. The van der Waals surface area contributed by atoms with Crippen molar-refractivity contribution in [3.8, 4) is 5.75 Å². The van der Waals surface area contributed by atoms with Crippen molar-refractivity contribution in [3.05, 3.63) is 21.9 Å². The molecule has 1 aromatic carbocycles. The van der Waals surface area contributed by atoms with Crippen LogP contribution in [0, 0.1) is 3.57 Å². The smallest absolute Gasteiger partial charge is 0.129 e. The predicted octanol–water partition coefficient (Wildman–Crippen LogP) is 3.30. The van der Waals surface area contributed by atoms with Crippen LogP contribution in [0.5, 0.6) is 5.75 Å². The monoisotopic (exact) mass is 316 g/mol. The molecule has 2 rings (SSSR count). The van der Waals surface area contributed by atoms with Crippen LogP contribution in [0.25, 0.3) is 10.9 Å². The molecular formula is C11H13IN2O. The van der Waals surface area contributed by atoms with E-state index in [9.17, 15) is 5.11 Å². The number of halogens is 1. The average molecular weight is 316 g/mol. The zero-order valence-electron chi connectivity index (χ0n) is 8.47. The van der Waals surface area contributed by atoms with Crippen LogP contribution in [-0.4, -0.2) is 16.6 Å². The van der Waals surface area contributed by atoms with Crippen molar-refractivity contribution in [3.63, 3.8) is 0 Å². The fourth-order valence-corrected chi connectivity index (χ4v) is 2.33. The third kappa shape index (κ3) is 1.90. The molecule has 0 saturated carbocycles. The van der Waals surface area contributed by atoms with Crippen LogP contribution in [-0.2, 0) is 0 Å². The third-order valence-electron chi connectivity index (χ3n) is 2.33. The molecule has 0 spiro atoms. The molecule has 0 fully saturated rings. The molecule has 0 saturated heterocycles. The topological polar surface area (TPSA) is 48.0 Å².